The zero-order chi connectivity index (χ0) is 32.2. The lowest BCUT2D eigenvalue weighted by Gasteiger charge is -2.44. The number of nitrogens with one attached hydrogen (secondary N) is 1. The van der Waals surface area contributed by atoms with Gasteiger partial charge in [-0.3, -0.25) is 9.59 Å². The minimum absolute atomic E-state index is 0.00749. The highest BCUT2D eigenvalue weighted by molar-refractivity contribution is 6.31. The smallest absolute Gasteiger partial charge is 0.202 e. The summed E-state index contributed by atoms with van der Waals surface area (Å²) < 4.78 is 17.7. The summed E-state index contributed by atoms with van der Waals surface area (Å²) in [6.07, 6.45) is -5.25. The Morgan fingerprint density at radius 1 is 1.02 bits per heavy atom. The first-order chi connectivity index (χ1) is 21.4. The first-order valence-electron chi connectivity index (χ1n) is 15.0. The van der Waals surface area contributed by atoms with Gasteiger partial charge in [-0.1, -0.05) is 42.5 Å². The highest BCUT2D eigenvalue weighted by Crippen LogP contribution is 2.53. The van der Waals surface area contributed by atoms with Gasteiger partial charge < -0.3 is 45.1 Å². The molecule has 0 amide bonds. The third kappa shape index (κ3) is 5.29. The van der Waals surface area contributed by atoms with Gasteiger partial charge in [-0.2, -0.15) is 0 Å². The number of hydrogen-bond acceptors (Lipinski definition) is 11. The molecule has 11 nitrogen and oxygen atoms in total. The highest BCUT2D eigenvalue weighted by Gasteiger charge is 2.49. The van der Waals surface area contributed by atoms with Crippen LogP contribution in [-0.2, 0) is 22.4 Å². The lowest BCUT2D eigenvalue weighted by Crippen LogP contribution is -2.54. The quantitative estimate of drug-likeness (QED) is 0.168. The van der Waals surface area contributed by atoms with Crippen LogP contribution in [0.1, 0.15) is 81.3 Å². The minimum Gasteiger partial charge on any atom is -0.507 e. The molecule has 238 valence electrons. The van der Waals surface area contributed by atoms with E-state index in [9.17, 15) is 35.1 Å². The molecule has 3 aliphatic rings. The van der Waals surface area contributed by atoms with Crippen molar-refractivity contribution in [3.63, 3.8) is 0 Å². The molecule has 0 aromatic heterocycles. The molecule has 2 aliphatic carbocycles. The number of hydrogen-bond donors (Lipinski definition) is 6. The fourth-order valence-corrected chi connectivity index (χ4v) is 6.75. The number of fused-ring (bicyclic) bond motifs is 3. The van der Waals surface area contributed by atoms with E-state index < -0.39 is 65.4 Å². The molecule has 0 spiro atoms. The molecule has 6 N–H and O–H groups in total. The molecule has 11 heteroatoms. The predicted molar refractivity (Wildman–Crippen MR) is 160 cm³/mol. The summed E-state index contributed by atoms with van der Waals surface area (Å²) in [6.45, 7) is 3.58. The van der Waals surface area contributed by atoms with E-state index in [-0.39, 0.29) is 58.4 Å². The Bertz CT molecular complexity index is 1640. The summed E-state index contributed by atoms with van der Waals surface area (Å²) in [5, 5.41) is 59.6. The molecule has 7 atom stereocenters. The van der Waals surface area contributed by atoms with Crippen molar-refractivity contribution in [1.29, 1.82) is 0 Å². The van der Waals surface area contributed by atoms with Gasteiger partial charge in [-0.15, -0.1) is 0 Å². The van der Waals surface area contributed by atoms with Crippen LogP contribution in [0.5, 0.6) is 17.2 Å². The van der Waals surface area contributed by atoms with Gasteiger partial charge in [0.15, 0.2) is 12.1 Å². The van der Waals surface area contributed by atoms with Crippen molar-refractivity contribution >= 4 is 11.6 Å². The third-order valence-electron chi connectivity index (χ3n) is 9.32. The molecular formula is C34H37NO10. The predicted octanol–water partition coefficient (Wildman–Crippen LogP) is 2.65. The topological polar surface area (TPSA) is 175 Å². The van der Waals surface area contributed by atoms with Gasteiger partial charge >= 0.3 is 0 Å². The molecule has 1 fully saturated rings. The molecule has 45 heavy (non-hydrogen) atoms. The second-order valence-electron chi connectivity index (χ2n) is 12.1. The molecule has 0 saturated carbocycles. The van der Waals surface area contributed by atoms with Gasteiger partial charge in [-0.25, -0.2) is 0 Å². The molecule has 6 rings (SSSR count). The first-order valence-corrected chi connectivity index (χ1v) is 15.0. The molecule has 1 heterocycles. The number of benzene rings is 3. The van der Waals surface area contributed by atoms with Gasteiger partial charge in [-0.05, 0) is 25.5 Å². The van der Waals surface area contributed by atoms with E-state index in [0.717, 1.165) is 5.56 Å². The van der Waals surface area contributed by atoms with Gasteiger partial charge in [0.1, 0.15) is 17.2 Å². The van der Waals surface area contributed by atoms with E-state index in [0.29, 0.717) is 6.54 Å². The highest BCUT2D eigenvalue weighted by atomic mass is 16.7. The monoisotopic (exact) mass is 619 g/mol. The molecule has 1 aliphatic heterocycles. The van der Waals surface area contributed by atoms with Crippen LogP contribution in [0.4, 0.5) is 0 Å². The molecule has 3 aromatic rings. The van der Waals surface area contributed by atoms with E-state index in [1.54, 1.807) is 13.0 Å². The van der Waals surface area contributed by atoms with Crippen LogP contribution in [0.15, 0.2) is 48.5 Å². The Hall–Kier alpha value is -3.84. The summed E-state index contributed by atoms with van der Waals surface area (Å²) in [6, 6.07) is 13.7. The standard InChI is InChI=1S/C34H37NO10/c1-16-29(37)21(35-15-18-8-5-4-6-9-18)12-24(44-16)45-23-14-34(42,17(2)36)13-20-26(23)33(41)28-27(31(20)39)30(38)19-10-7-11-22(43-3)25(19)32(28)40/h4-11,16-17,21,23-24,29,35-37,39,41-42H,12-15H2,1-3H3. The number of methoxy groups -OCH3 is 1. The normalized spacial score (nSPS) is 28.2. The number of aliphatic hydroxyl groups excluding tert-OH is 2. The summed E-state index contributed by atoms with van der Waals surface area (Å²) in [5.41, 5.74) is -1.59. The number of aromatic hydroxyl groups is 2. The summed E-state index contributed by atoms with van der Waals surface area (Å²) in [7, 11) is 1.36. The van der Waals surface area contributed by atoms with Crippen molar-refractivity contribution in [2.45, 2.75) is 82.0 Å². The molecule has 0 radical (unpaired) electrons. The van der Waals surface area contributed by atoms with Crippen molar-refractivity contribution < 1.29 is 49.3 Å². The molecule has 1 saturated heterocycles. The van der Waals surface area contributed by atoms with Crippen LogP contribution >= 0.6 is 0 Å². The zero-order valence-electron chi connectivity index (χ0n) is 25.2. The second kappa shape index (κ2) is 11.8. The molecule has 0 bridgehead atoms. The van der Waals surface area contributed by atoms with Crippen LogP contribution in [0.3, 0.4) is 0 Å². The van der Waals surface area contributed by atoms with Crippen molar-refractivity contribution in [3.8, 4) is 17.2 Å². The van der Waals surface area contributed by atoms with Crippen LogP contribution < -0.4 is 10.1 Å². The van der Waals surface area contributed by atoms with E-state index in [2.05, 4.69) is 5.32 Å². The molecule has 3 aromatic carbocycles. The second-order valence-corrected chi connectivity index (χ2v) is 12.1. The number of phenols is 2. The minimum atomic E-state index is -1.82. The third-order valence-corrected chi connectivity index (χ3v) is 9.32. The number of aliphatic hydroxyl groups is 3. The SMILES string of the molecule is COc1cccc2c1C(=O)c1c(O)c3c(c(O)c1C2=O)CC(O)(C(C)O)CC3OC1CC(NCc2ccccc2)C(O)C(C)O1. The Kier molecular flexibility index (Phi) is 8.19. The van der Waals surface area contributed by atoms with E-state index in [1.807, 2.05) is 30.3 Å². The number of carbonyl (C=O) groups is 2. The number of phenolic OH excluding ortho intramolecular Hbond substituents is 2. The van der Waals surface area contributed by atoms with Gasteiger partial charge in [0.2, 0.25) is 5.78 Å². The van der Waals surface area contributed by atoms with Gasteiger partial charge in [0.05, 0.1) is 53.8 Å². The van der Waals surface area contributed by atoms with Crippen LogP contribution in [0.25, 0.3) is 0 Å². The zero-order valence-corrected chi connectivity index (χ0v) is 25.2. The van der Waals surface area contributed by atoms with Crippen molar-refractivity contribution in [3.05, 3.63) is 87.5 Å². The first kappa shape index (κ1) is 31.2. The molecular weight excluding hydrogens is 582 g/mol. The van der Waals surface area contributed by atoms with Crippen molar-refractivity contribution in [1.82, 2.24) is 5.32 Å². The number of ketones is 2. The number of carbonyl (C=O) groups excluding carboxylic acids is 2. The Morgan fingerprint density at radius 2 is 1.73 bits per heavy atom. The summed E-state index contributed by atoms with van der Waals surface area (Å²) in [4.78, 5) is 27.5. The fraction of sp³-hybridized carbons (Fsp3) is 0.412. The van der Waals surface area contributed by atoms with Crippen LogP contribution in [0.2, 0.25) is 0 Å². The van der Waals surface area contributed by atoms with Gasteiger partial charge in [0.25, 0.3) is 0 Å². The lowest BCUT2D eigenvalue weighted by atomic mass is 9.71. The van der Waals surface area contributed by atoms with E-state index in [4.69, 9.17) is 14.2 Å². The Labute approximate surface area is 260 Å². The number of rotatable bonds is 7. The summed E-state index contributed by atoms with van der Waals surface area (Å²) in [5.74, 6) is -2.40. The van der Waals surface area contributed by atoms with Crippen LogP contribution in [0, 0.1) is 0 Å². The van der Waals surface area contributed by atoms with E-state index >= 15 is 0 Å². The average molecular weight is 620 g/mol. The summed E-state index contributed by atoms with van der Waals surface area (Å²) >= 11 is 0. The van der Waals surface area contributed by atoms with Crippen molar-refractivity contribution in [2.24, 2.45) is 0 Å². The largest absolute Gasteiger partial charge is 0.507 e. The van der Waals surface area contributed by atoms with Crippen molar-refractivity contribution in [2.75, 3.05) is 7.11 Å². The van der Waals surface area contributed by atoms with Gasteiger partial charge in [0, 0.05) is 48.5 Å². The fourth-order valence-electron chi connectivity index (χ4n) is 6.75. The maximum Gasteiger partial charge on any atom is 0.202 e. The average Bonchev–Trinajstić information content (AvgIpc) is 3.02. The van der Waals surface area contributed by atoms with Crippen LogP contribution in [-0.4, -0.2) is 80.5 Å². The number of ether oxygens (including phenoxy) is 3. The maximum atomic E-state index is 13.8. The van der Waals surface area contributed by atoms with E-state index in [1.165, 1.54) is 26.2 Å². The Morgan fingerprint density at radius 3 is 2.42 bits per heavy atom. The Balaban J connectivity index is 1.39. The molecule has 7 unspecified atom stereocenters. The lowest BCUT2D eigenvalue weighted by molar-refractivity contribution is -0.253. The maximum absolute atomic E-state index is 13.8.